The van der Waals surface area contributed by atoms with Crippen molar-refractivity contribution in [2.45, 2.75) is 26.7 Å². The third-order valence-corrected chi connectivity index (χ3v) is 1.58. The standard InChI is InChI=1S/C9H16FN/c1-3-8(2)4-5-9(11)6-7-10/h4,6H,3,5,7,11H2,1-2H3/b8-4-,9-6+. The molecule has 0 aliphatic rings. The fourth-order valence-electron chi connectivity index (χ4n) is 0.619. The second-order valence-electron chi connectivity index (χ2n) is 2.54. The maximum absolute atomic E-state index is 11.7. The number of nitrogens with two attached hydrogens (primary N) is 1. The summed E-state index contributed by atoms with van der Waals surface area (Å²) in [6.07, 6.45) is 5.13. The van der Waals surface area contributed by atoms with Gasteiger partial charge in [-0.2, -0.15) is 0 Å². The Kier molecular flexibility index (Phi) is 5.53. The van der Waals surface area contributed by atoms with E-state index in [1.165, 1.54) is 11.6 Å². The van der Waals surface area contributed by atoms with Crippen LogP contribution in [0.1, 0.15) is 26.7 Å². The summed E-state index contributed by atoms with van der Waals surface area (Å²) in [6, 6.07) is 0. The monoisotopic (exact) mass is 157 g/mol. The van der Waals surface area contributed by atoms with Crippen LogP contribution in [0.15, 0.2) is 23.4 Å². The molecule has 0 aromatic carbocycles. The van der Waals surface area contributed by atoms with Crippen LogP contribution in [0.25, 0.3) is 0 Å². The van der Waals surface area contributed by atoms with Crippen LogP contribution in [-0.2, 0) is 0 Å². The molecule has 0 aromatic heterocycles. The molecule has 0 rings (SSSR count). The Morgan fingerprint density at radius 3 is 2.55 bits per heavy atom. The smallest absolute Gasteiger partial charge is 0.110 e. The predicted octanol–water partition coefficient (Wildman–Crippen LogP) is 2.54. The zero-order valence-corrected chi connectivity index (χ0v) is 7.23. The molecule has 0 unspecified atom stereocenters. The van der Waals surface area contributed by atoms with E-state index in [-0.39, 0.29) is 0 Å². The van der Waals surface area contributed by atoms with Gasteiger partial charge in [-0.05, 0) is 19.4 Å². The Labute approximate surface area is 67.8 Å². The van der Waals surface area contributed by atoms with Crippen molar-refractivity contribution in [2.75, 3.05) is 6.67 Å². The number of hydrogen-bond acceptors (Lipinski definition) is 1. The van der Waals surface area contributed by atoms with Gasteiger partial charge in [-0.25, -0.2) is 4.39 Å². The van der Waals surface area contributed by atoms with E-state index in [1.807, 2.05) is 13.0 Å². The minimum atomic E-state index is -0.467. The SMILES string of the molecule is CC/C(C)=C\C/C(N)=C\CF. The Hall–Kier alpha value is -0.790. The normalized spacial score (nSPS) is 13.7. The molecule has 0 spiro atoms. The van der Waals surface area contributed by atoms with Crippen LogP contribution in [0.2, 0.25) is 0 Å². The van der Waals surface area contributed by atoms with Gasteiger partial charge in [0, 0.05) is 12.1 Å². The highest BCUT2D eigenvalue weighted by Crippen LogP contribution is 2.02. The van der Waals surface area contributed by atoms with Gasteiger partial charge in [-0.1, -0.05) is 18.6 Å². The third kappa shape index (κ3) is 5.64. The minimum absolute atomic E-state index is 0.467. The highest BCUT2D eigenvalue weighted by molar-refractivity contribution is 5.07. The van der Waals surface area contributed by atoms with E-state index >= 15 is 0 Å². The van der Waals surface area contributed by atoms with Gasteiger partial charge in [-0.3, -0.25) is 0 Å². The van der Waals surface area contributed by atoms with Gasteiger partial charge in [0.1, 0.15) is 6.67 Å². The Bertz CT molecular complexity index is 159. The molecule has 0 amide bonds. The van der Waals surface area contributed by atoms with Crippen LogP contribution in [0, 0.1) is 0 Å². The molecule has 0 saturated heterocycles. The average molecular weight is 157 g/mol. The van der Waals surface area contributed by atoms with Gasteiger partial charge in [0.2, 0.25) is 0 Å². The summed E-state index contributed by atoms with van der Waals surface area (Å²) in [7, 11) is 0. The van der Waals surface area contributed by atoms with E-state index in [0.29, 0.717) is 12.1 Å². The van der Waals surface area contributed by atoms with Gasteiger partial charge in [0.25, 0.3) is 0 Å². The quantitative estimate of drug-likeness (QED) is 0.623. The molecule has 64 valence electrons. The molecule has 0 radical (unpaired) electrons. The fraction of sp³-hybridized carbons (Fsp3) is 0.556. The summed E-state index contributed by atoms with van der Waals surface area (Å²) < 4.78 is 11.7. The van der Waals surface area contributed by atoms with Crippen molar-refractivity contribution in [3.05, 3.63) is 23.4 Å². The summed E-state index contributed by atoms with van der Waals surface area (Å²) in [5, 5.41) is 0. The zero-order valence-electron chi connectivity index (χ0n) is 7.23. The molecule has 0 aromatic rings. The fourth-order valence-corrected chi connectivity index (χ4v) is 0.619. The number of hydrogen-bond donors (Lipinski definition) is 1. The lowest BCUT2D eigenvalue weighted by molar-refractivity contribution is 0.559. The maximum atomic E-state index is 11.7. The van der Waals surface area contributed by atoms with E-state index in [1.54, 1.807) is 0 Å². The summed E-state index contributed by atoms with van der Waals surface area (Å²) in [6.45, 7) is 3.66. The molecule has 0 aliphatic carbocycles. The number of halogens is 1. The van der Waals surface area contributed by atoms with Crippen LogP contribution in [-0.4, -0.2) is 6.67 Å². The van der Waals surface area contributed by atoms with Crippen LogP contribution in [0.3, 0.4) is 0 Å². The number of rotatable bonds is 4. The topological polar surface area (TPSA) is 26.0 Å². The van der Waals surface area contributed by atoms with E-state index in [0.717, 1.165) is 6.42 Å². The molecule has 2 heteroatoms. The Balaban J connectivity index is 3.77. The third-order valence-electron chi connectivity index (χ3n) is 1.58. The van der Waals surface area contributed by atoms with Crippen molar-refractivity contribution in [3.8, 4) is 0 Å². The lowest BCUT2D eigenvalue weighted by Crippen LogP contribution is -1.95. The molecule has 0 aliphatic heterocycles. The molecule has 0 heterocycles. The minimum Gasteiger partial charge on any atom is -0.402 e. The van der Waals surface area contributed by atoms with E-state index in [9.17, 15) is 4.39 Å². The average Bonchev–Trinajstić information content (AvgIpc) is 2.01. The summed E-state index contributed by atoms with van der Waals surface area (Å²) in [5.41, 5.74) is 7.37. The number of allylic oxidation sites excluding steroid dienone is 3. The van der Waals surface area contributed by atoms with Gasteiger partial charge < -0.3 is 5.73 Å². The van der Waals surface area contributed by atoms with Crippen LogP contribution >= 0.6 is 0 Å². The first-order chi connectivity index (χ1) is 5.20. The molecule has 11 heavy (non-hydrogen) atoms. The first-order valence-corrected chi connectivity index (χ1v) is 3.86. The van der Waals surface area contributed by atoms with Gasteiger partial charge in [0.15, 0.2) is 0 Å². The Morgan fingerprint density at radius 2 is 2.09 bits per heavy atom. The lowest BCUT2D eigenvalue weighted by atomic mass is 10.2. The highest BCUT2D eigenvalue weighted by atomic mass is 19.1. The first-order valence-electron chi connectivity index (χ1n) is 3.86. The zero-order chi connectivity index (χ0) is 8.69. The van der Waals surface area contributed by atoms with E-state index < -0.39 is 6.67 Å². The van der Waals surface area contributed by atoms with Gasteiger partial charge in [0.05, 0.1) is 0 Å². The largest absolute Gasteiger partial charge is 0.402 e. The summed E-state index contributed by atoms with van der Waals surface area (Å²) in [5.74, 6) is 0. The van der Waals surface area contributed by atoms with Crippen LogP contribution in [0.5, 0.6) is 0 Å². The van der Waals surface area contributed by atoms with E-state index in [4.69, 9.17) is 5.73 Å². The molecule has 0 saturated carbocycles. The predicted molar refractivity (Wildman–Crippen MR) is 46.9 cm³/mol. The molecular formula is C9H16FN. The summed E-state index contributed by atoms with van der Waals surface area (Å²) >= 11 is 0. The molecule has 2 N–H and O–H groups in total. The van der Waals surface area contributed by atoms with Crippen LogP contribution in [0.4, 0.5) is 4.39 Å². The van der Waals surface area contributed by atoms with Gasteiger partial charge in [-0.15, -0.1) is 0 Å². The van der Waals surface area contributed by atoms with Crippen molar-refractivity contribution in [3.63, 3.8) is 0 Å². The van der Waals surface area contributed by atoms with Crippen molar-refractivity contribution >= 4 is 0 Å². The van der Waals surface area contributed by atoms with Gasteiger partial charge >= 0.3 is 0 Å². The molecule has 0 bridgehead atoms. The maximum Gasteiger partial charge on any atom is 0.110 e. The summed E-state index contributed by atoms with van der Waals surface area (Å²) in [4.78, 5) is 0. The van der Waals surface area contributed by atoms with Crippen LogP contribution < -0.4 is 5.73 Å². The second-order valence-corrected chi connectivity index (χ2v) is 2.54. The van der Waals surface area contributed by atoms with E-state index in [2.05, 4.69) is 6.92 Å². The molecular weight excluding hydrogens is 141 g/mol. The van der Waals surface area contributed by atoms with Crippen molar-refractivity contribution in [2.24, 2.45) is 5.73 Å². The molecule has 0 atom stereocenters. The second kappa shape index (κ2) is 5.96. The molecule has 0 fully saturated rings. The van der Waals surface area contributed by atoms with Crippen molar-refractivity contribution in [1.29, 1.82) is 0 Å². The molecule has 1 nitrogen and oxygen atoms in total. The number of alkyl halides is 1. The Morgan fingerprint density at radius 1 is 1.45 bits per heavy atom. The highest BCUT2D eigenvalue weighted by Gasteiger charge is 1.87. The van der Waals surface area contributed by atoms with Crippen molar-refractivity contribution < 1.29 is 4.39 Å². The first kappa shape index (κ1) is 10.2. The van der Waals surface area contributed by atoms with Crippen molar-refractivity contribution in [1.82, 2.24) is 0 Å². The lowest BCUT2D eigenvalue weighted by Gasteiger charge is -1.96.